The van der Waals surface area contributed by atoms with Crippen LogP contribution in [0.5, 0.6) is 0 Å². The van der Waals surface area contributed by atoms with Crippen LogP contribution in [0, 0.1) is 0 Å². The van der Waals surface area contributed by atoms with Gasteiger partial charge in [0.2, 0.25) is 5.96 Å². The van der Waals surface area contributed by atoms with E-state index in [-0.39, 0.29) is 6.10 Å². The van der Waals surface area contributed by atoms with Gasteiger partial charge >= 0.3 is 0 Å². The van der Waals surface area contributed by atoms with E-state index in [9.17, 15) is 5.11 Å². The Labute approximate surface area is 172 Å². The fraction of sp³-hybridized carbons (Fsp3) is 0.350. The van der Waals surface area contributed by atoms with Gasteiger partial charge in [0.25, 0.3) is 0 Å². The Bertz CT molecular complexity index is 872. The van der Waals surface area contributed by atoms with E-state index in [0.717, 1.165) is 29.0 Å². The van der Waals surface area contributed by atoms with E-state index in [1.54, 1.807) is 23.2 Å². The van der Waals surface area contributed by atoms with Crippen LogP contribution < -0.4 is 0 Å². The maximum Gasteiger partial charge on any atom is 0.204 e. The SMILES string of the molecule is CN1C(N2CCCO[C@H](c3ccc(Br)cc3)C2)=NC(c2ccncn2)=CC1O. The van der Waals surface area contributed by atoms with Crippen molar-refractivity contribution in [3.8, 4) is 0 Å². The lowest BCUT2D eigenvalue weighted by atomic mass is 10.1. The number of aliphatic hydroxyl groups is 1. The molecular weight excluding hydrogens is 422 g/mol. The third kappa shape index (κ3) is 4.09. The molecule has 1 aromatic carbocycles. The first-order valence-corrected chi connectivity index (χ1v) is 10.0. The second-order valence-corrected chi connectivity index (χ2v) is 7.71. The molecule has 8 heteroatoms. The molecule has 1 fully saturated rings. The van der Waals surface area contributed by atoms with Crippen LogP contribution >= 0.6 is 15.9 Å². The number of benzene rings is 1. The summed E-state index contributed by atoms with van der Waals surface area (Å²) >= 11 is 3.48. The van der Waals surface area contributed by atoms with Gasteiger partial charge in [-0.3, -0.25) is 0 Å². The summed E-state index contributed by atoms with van der Waals surface area (Å²) in [5.74, 6) is 0.719. The Kier molecular flexibility index (Phi) is 5.70. The van der Waals surface area contributed by atoms with E-state index in [4.69, 9.17) is 9.73 Å². The van der Waals surface area contributed by atoms with Crippen LogP contribution in [0.25, 0.3) is 5.70 Å². The largest absolute Gasteiger partial charge is 0.372 e. The molecule has 0 spiro atoms. The van der Waals surface area contributed by atoms with Gasteiger partial charge in [-0.05, 0) is 36.3 Å². The number of hydrogen-bond donors (Lipinski definition) is 1. The molecule has 1 unspecified atom stereocenters. The summed E-state index contributed by atoms with van der Waals surface area (Å²) < 4.78 is 7.14. The van der Waals surface area contributed by atoms with Crippen LogP contribution in [0.15, 0.2) is 58.4 Å². The normalized spacial score (nSPS) is 23.1. The zero-order valence-corrected chi connectivity index (χ0v) is 17.2. The summed E-state index contributed by atoms with van der Waals surface area (Å²) in [5.41, 5.74) is 2.46. The minimum Gasteiger partial charge on any atom is -0.372 e. The third-order valence-electron chi connectivity index (χ3n) is 4.89. The van der Waals surface area contributed by atoms with Crippen molar-refractivity contribution in [2.75, 3.05) is 26.7 Å². The highest BCUT2D eigenvalue weighted by Gasteiger charge is 2.29. The average Bonchev–Trinajstić information content (AvgIpc) is 2.97. The van der Waals surface area contributed by atoms with Crippen LogP contribution in [0.1, 0.15) is 23.8 Å². The lowest BCUT2D eigenvalue weighted by Crippen LogP contribution is -2.49. The average molecular weight is 444 g/mol. The number of ether oxygens (including phenoxy) is 1. The van der Waals surface area contributed by atoms with E-state index in [2.05, 4.69) is 42.9 Å². The summed E-state index contributed by atoms with van der Waals surface area (Å²) in [7, 11) is 1.84. The van der Waals surface area contributed by atoms with Crippen molar-refractivity contribution in [3.63, 3.8) is 0 Å². The number of guanidine groups is 1. The number of aromatic nitrogens is 2. The van der Waals surface area contributed by atoms with E-state index < -0.39 is 6.23 Å². The fourth-order valence-corrected chi connectivity index (χ4v) is 3.62. The number of aliphatic hydroxyl groups excluding tert-OH is 1. The molecule has 1 N–H and O–H groups in total. The highest BCUT2D eigenvalue weighted by atomic mass is 79.9. The molecule has 3 heterocycles. The van der Waals surface area contributed by atoms with Crippen LogP contribution in [-0.2, 0) is 4.74 Å². The van der Waals surface area contributed by atoms with Crippen molar-refractivity contribution < 1.29 is 9.84 Å². The summed E-state index contributed by atoms with van der Waals surface area (Å²) in [6.45, 7) is 2.15. The molecule has 0 saturated carbocycles. The topological polar surface area (TPSA) is 74.1 Å². The molecule has 2 aromatic rings. The van der Waals surface area contributed by atoms with Gasteiger partial charge in [-0.25, -0.2) is 15.0 Å². The summed E-state index contributed by atoms with van der Waals surface area (Å²) in [6, 6.07) is 9.99. The van der Waals surface area contributed by atoms with Gasteiger partial charge in [0, 0.05) is 30.9 Å². The Morgan fingerprint density at radius 3 is 2.79 bits per heavy atom. The first-order chi connectivity index (χ1) is 13.6. The summed E-state index contributed by atoms with van der Waals surface area (Å²) in [6.07, 6.45) is 4.92. The van der Waals surface area contributed by atoms with Crippen molar-refractivity contribution in [2.45, 2.75) is 18.8 Å². The third-order valence-corrected chi connectivity index (χ3v) is 5.41. The molecular formula is C20H22BrN5O2. The lowest BCUT2D eigenvalue weighted by molar-refractivity contribution is 0.0561. The number of rotatable bonds is 2. The predicted molar refractivity (Wildman–Crippen MR) is 110 cm³/mol. The predicted octanol–water partition coefficient (Wildman–Crippen LogP) is 2.66. The van der Waals surface area contributed by atoms with Gasteiger partial charge in [0.15, 0.2) is 6.23 Å². The highest BCUT2D eigenvalue weighted by molar-refractivity contribution is 9.10. The van der Waals surface area contributed by atoms with Gasteiger partial charge in [-0.2, -0.15) is 0 Å². The zero-order valence-electron chi connectivity index (χ0n) is 15.6. The van der Waals surface area contributed by atoms with Crippen LogP contribution in [0.4, 0.5) is 0 Å². The minimum atomic E-state index is -0.771. The van der Waals surface area contributed by atoms with E-state index in [0.29, 0.717) is 24.5 Å². The van der Waals surface area contributed by atoms with Gasteiger partial charge in [-0.15, -0.1) is 0 Å². The van der Waals surface area contributed by atoms with Crippen LogP contribution in [0.2, 0.25) is 0 Å². The number of hydrogen-bond acceptors (Lipinski definition) is 7. The number of nitrogens with zero attached hydrogens (tertiary/aromatic N) is 5. The van der Waals surface area contributed by atoms with E-state index in [1.165, 1.54) is 6.33 Å². The number of halogens is 1. The first-order valence-electron chi connectivity index (χ1n) is 9.21. The Hall–Kier alpha value is -2.29. The monoisotopic (exact) mass is 443 g/mol. The quantitative estimate of drug-likeness (QED) is 0.768. The molecule has 7 nitrogen and oxygen atoms in total. The van der Waals surface area contributed by atoms with Crippen molar-refractivity contribution in [1.82, 2.24) is 19.8 Å². The Morgan fingerprint density at radius 2 is 2.04 bits per heavy atom. The standard InChI is InChI=1S/C20H22BrN5O2/c1-25-19(27)11-17(16-7-8-22-13-23-16)24-20(25)26-9-2-10-28-18(12-26)14-3-5-15(21)6-4-14/h3-8,11,13,18-19,27H,2,9-10,12H2,1H3/t18-,19?/m0/s1. The number of likely N-dealkylation sites (N-methyl/N-ethyl adjacent to an activating group) is 1. The van der Waals surface area contributed by atoms with Gasteiger partial charge in [0.05, 0.1) is 17.9 Å². The molecule has 1 saturated heterocycles. The lowest BCUT2D eigenvalue weighted by Gasteiger charge is -2.36. The zero-order chi connectivity index (χ0) is 19.5. The van der Waals surface area contributed by atoms with E-state index >= 15 is 0 Å². The molecule has 0 amide bonds. The van der Waals surface area contributed by atoms with Crippen molar-refractivity contribution >= 4 is 27.6 Å². The molecule has 2 atom stereocenters. The minimum absolute atomic E-state index is 0.0581. The molecule has 28 heavy (non-hydrogen) atoms. The summed E-state index contributed by atoms with van der Waals surface area (Å²) in [5, 5.41) is 10.6. The maximum absolute atomic E-state index is 10.6. The van der Waals surface area contributed by atoms with E-state index in [1.807, 2.05) is 19.2 Å². The van der Waals surface area contributed by atoms with Crippen molar-refractivity contribution in [3.05, 3.63) is 64.7 Å². The Morgan fingerprint density at radius 1 is 1.21 bits per heavy atom. The molecule has 2 aliphatic rings. The van der Waals surface area contributed by atoms with Crippen molar-refractivity contribution in [1.29, 1.82) is 0 Å². The van der Waals surface area contributed by atoms with Gasteiger partial charge < -0.3 is 19.6 Å². The van der Waals surface area contributed by atoms with Crippen LogP contribution in [-0.4, -0.2) is 63.8 Å². The smallest absolute Gasteiger partial charge is 0.204 e. The van der Waals surface area contributed by atoms with Gasteiger partial charge in [0.1, 0.15) is 12.4 Å². The molecule has 0 bridgehead atoms. The van der Waals surface area contributed by atoms with Gasteiger partial charge in [-0.1, -0.05) is 28.1 Å². The van der Waals surface area contributed by atoms with Crippen LogP contribution in [0.3, 0.4) is 0 Å². The molecule has 4 rings (SSSR count). The molecule has 0 radical (unpaired) electrons. The summed E-state index contributed by atoms with van der Waals surface area (Å²) in [4.78, 5) is 17.0. The van der Waals surface area contributed by atoms with Crippen molar-refractivity contribution in [2.24, 2.45) is 4.99 Å². The fourth-order valence-electron chi connectivity index (χ4n) is 3.36. The molecule has 0 aliphatic carbocycles. The number of aliphatic imine (C=N–C) groups is 1. The second-order valence-electron chi connectivity index (χ2n) is 6.79. The Balaban J connectivity index is 1.62. The second kappa shape index (κ2) is 8.38. The molecule has 1 aromatic heterocycles. The molecule has 2 aliphatic heterocycles. The highest BCUT2D eigenvalue weighted by Crippen LogP contribution is 2.27. The first kappa shape index (κ1) is 19.0. The molecule has 146 valence electrons. The maximum atomic E-state index is 10.6.